The van der Waals surface area contributed by atoms with E-state index in [2.05, 4.69) is 9.44 Å². The zero-order valence-corrected chi connectivity index (χ0v) is 23.6. The molecule has 2 N–H and O–H groups in total. The van der Waals surface area contributed by atoms with Crippen molar-refractivity contribution in [2.24, 2.45) is 0 Å². The maximum atomic E-state index is 13.0. The number of hydrogen-bond donors (Lipinski definition) is 2. The molecule has 0 atom stereocenters. The quantitative estimate of drug-likeness (QED) is 0.206. The van der Waals surface area contributed by atoms with Crippen LogP contribution in [0.2, 0.25) is 0 Å². The van der Waals surface area contributed by atoms with Gasteiger partial charge in [0.25, 0.3) is 20.0 Å². The average molecular weight is 569 g/mol. The monoisotopic (exact) mass is 568 g/mol. The van der Waals surface area contributed by atoms with Crippen LogP contribution in [0.15, 0.2) is 131 Å². The number of hydrogen-bond acceptors (Lipinski definition) is 4. The molecule has 0 bridgehead atoms. The number of para-hydroxylation sites is 2. The maximum Gasteiger partial charge on any atom is 0.261 e. The Bertz CT molecular complexity index is 1730. The van der Waals surface area contributed by atoms with Crippen LogP contribution in [-0.4, -0.2) is 16.8 Å². The molecular weight excluding hydrogens is 540 g/mol. The SMILES string of the molecule is Cc1ccc(S(=O)(=O)Nc2ccccc2-c2ccc(-c3ccccc3NS(=O)(=O)c3ccc(C)cc3)cc2)cc1. The summed E-state index contributed by atoms with van der Waals surface area (Å²) in [5, 5.41) is 0. The van der Waals surface area contributed by atoms with Crippen LogP contribution in [0.25, 0.3) is 22.3 Å². The van der Waals surface area contributed by atoms with Gasteiger partial charge in [-0.05, 0) is 61.4 Å². The third kappa shape index (κ3) is 5.93. The molecule has 5 aromatic carbocycles. The van der Waals surface area contributed by atoms with Crippen LogP contribution in [0.5, 0.6) is 0 Å². The zero-order chi connectivity index (χ0) is 28.3. The molecule has 0 spiro atoms. The lowest BCUT2D eigenvalue weighted by atomic mass is 9.98. The zero-order valence-electron chi connectivity index (χ0n) is 22.0. The van der Waals surface area contributed by atoms with Gasteiger partial charge in [0.2, 0.25) is 0 Å². The Morgan fingerprint density at radius 3 is 1.10 bits per heavy atom. The van der Waals surface area contributed by atoms with Crippen LogP contribution in [0.1, 0.15) is 11.1 Å². The van der Waals surface area contributed by atoms with Gasteiger partial charge in [0, 0.05) is 11.1 Å². The van der Waals surface area contributed by atoms with Crippen molar-refractivity contribution in [1.82, 2.24) is 0 Å². The highest BCUT2D eigenvalue weighted by molar-refractivity contribution is 7.93. The van der Waals surface area contributed by atoms with E-state index in [0.29, 0.717) is 11.4 Å². The van der Waals surface area contributed by atoms with E-state index in [0.717, 1.165) is 33.4 Å². The van der Waals surface area contributed by atoms with E-state index >= 15 is 0 Å². The van der Waals surface area contributed by atoms with Gasteiger partial charge in [0.1, 0.15) is 0 Å². The molecule has 8 heteroatoms. The van der Waals surface area contributed by atoms with Crippen molar-refractivity contribution in [2.45, 2.75) is 23.6 Å². The average Bonchev–Trinajstić information content (AvgIpc) is 2.94. The van der Waals surface area contributed by atoms with E-state index in [1.54, 1.807) is 72.8 Å². The third-order valence-electron chi connectivity index (χ3n) is 6.51. The molecule has 0 saturated heterocycles. The van der Waals surface area contributed by atoms with Crippen molar-refractivity contribution in [1.29, 1.82) is 0 Å². The summed E-state index contributed by atoms with van der Waals surface area (Å²) in [6.07, 6.45) is 0. The lowest BCUT2D eigenvalue weighted by Crippen LogP contribution is -2.13. The van der Waals surface area contributed by atoms with Crippen molar-refractivity contribution in [3.8, 4) is 22.3 Å². The molecule has 0 aliphatic carbocycles. The highest BCUT2D eigenvalue weighted by Crippen LogP contribution is 2.34. The van der Waals surface area contributed by atoms with Gasteiger partial charge in [-0.3, -0.25) is 9.44 Å². The van der Waals surface area contributed by atoms with Gasteiger partial charge in [-0.2, -0.15) is 0 Å². The molecule has 0 aliphatic rings. The van der Waals surface area contributed by atoms with Crippen molar-refractivity contribution in [3.05, 3.63) is 132 Å². The molecule has 0 saturated carbocycles. The largest absolute Gasteiger partial charge is 0.279 e. The van der Waals surface area contributed by atoms with E-state index in [4.69, 9.17) is 0 Å². The normalized spacial score (nSPS) is 11.7. The van der Waals surface area contributed by atoms with Crippen molar-refractivity contribution in [3.63, 3.8) is 0 Å². The summed E-state index contributed by atoms with van der Waals surface area (Å²) in [5.41, 5.74) is 5.93. The second-order valence-corrected chi connectivity index (χ2v) is 12.9. The Hall–Kier alpha value is -4.40. The highest BCUT2D eigenvalue weighted by Gasteiger charge is 2.18. The van der Waals surface area contributed by atoms with Gasteiger partial charge >= 0.3 is 0 Å². The van der Waals surface area contributed by atoms with Gasteiger partial charge in [0.05, 0.1) is 21.2 Å². The number of sulfonamides is 2. The predicted molar refractivity (Wildman–Crippen MR) is 161 cm³/mol. The van der Waals surface area contributed by atoms with Crippen LogP contribution in [0.3, 0.4) is 0 Å². The minimum atomic E-state index is -3.78. The number of aryl methyl sites for hydroxylation is 2. The molecule has 5 aromatic rings. The van der Waals surface area contributed by atoms with E-state index in [-0.39, 0.29) is 9.79 Å². The first-order chi connectivity index (χ1) is 19.1. The molecule has 6 nitrogen and oxygen atoms in total. The first kappa shape index (κ1) is 27.2. The summed E-state index contributed by atoms with van der Waals surface area (Å²) < 4.78 is 57.6. The van der Waals surface area contributed by atoms with Crippen molar-refractivity contribution >= 4 is 31.4 Å². The fraction of sp³-hybridized carbons (Fsp3) is 0.0625. The van der Waals surface area contributed by atoms with Crippen LogP contribution in [0, 0.1) is 13.8 Å². The summed E-state index contributed by atoms with van der Waals surface area (Å²) >= 11 is 0. The van der Waals surface area contributed by atoms with Crippen LogP contribution in [0.4, 0.5) is 11.4 Å². The van der Waals surface area contributed by atoms with Crippen LogP contribution < -0.4 is 9.44 Å². The second kappa shape index (κ2) is 11.0. The molecule has 0 radical (unpaired) electrons. The predicted octanol–water partition coefficient (Wildman–Crippen LogP) is 7.24. The Morgan fingerprint density at radius 2 is 0.750 bits per heavy atom. The smallest absolute Gasteiger partial charge is 0.261 e. The molecule has 0 aliphatic heterocycles. The molecule has 0 aromatic heterocycles. The minimum absolute atomic E-state index is 0.188. The molecule has 0 heterocycles. The molecule has 202 valence electrons. The summed E-state index contributed by atoms with van der Waals surface area (Å²) in [6.45, 7) is 3.81. The first-order valence-corrected chi connectivity index (χ1v) is 15.6. The Morgan fingerprint density at radius 1 is 0.425 bits per heavy atom. The summed E-state index contributed by atoms with van der Waals surface area (Å²) in [7, 11) is -7.55. The number of rotatable bonds is 8. The molecule has 0 unspecified atom stereocenters. The van der Waals surface area contributed by atoms with Gasteiger partial charge in [0.15, 0.2) is 0 Å². The fourth-order valence-electron chi connectivity index (χ4n) is 4.32. The standard InChI is InChI=1S/C32H28N2O4S2/c1-23-11-19-27(20-12-23)39(35,36)33-31-9-5-3-7-29(31)25-15-17-26(18-16-25)30-8-4-6-10-32(30)34-40(37,38)28-21-13-24(2)14-22-28/h3-22,33-34H,1-2H3. The molecule has 0 amide bonds. The summed E-state index contributed by atoms with van der Waals surface area (Å²) in [6, 6.07) is 35.3. The molecule has 0 fully saturated rings. The fourth-order valence-corrected chi connectivity index (χ4v) is 6.48. The second-order valence-electron chi connectivity index (χ2n) is 9.51. The number of nitrogens with one attached hydrogen (secondary N) is 2. The van der Waals surface area contributed by atoms with Gasteiger partial charge in [-0.1, -0.05) is 96.1 Å². The summed E-state index contributed by atoms with van der Waals surface area (Å²) in [5.74, 6) is 0. The summed E-state index contributed by atoms with van der Waals surface area (Å²) in [4.78, 5) is 0.376. The van der Waals surface area contributed by atoms with Crippen molar-refractivity contribution in [2.75, 3.05) is 9.44 Å². The lowest BCUT2D eigenvalue weighted by Gasteiger charge is -2.15. The Kier molecular flexibility index (Phi) is 7.47. The van der Waals surface area contributed by atoms with Crippen molar-refractivity contribution < 1.29 is 16.8 Å². The highest BCUT2D eigenvalue weighted by atomic mass is 32.2. The number of anilines is 2. The first-order valence-electron chi connectivity index (χ1n) is 12.6. The number of benzene rings is 5. The van der Waals surface area contributed by atoms with Crippen LogP contribution in [-0.2, 0) is 20.0 Å². The minimum Gasteiger partial charge on any atom is -0.279 e. The van der Waals surface area contributed by atoms with E-state index in [9.17, 15) is 16.8 Å². The Balaban J connectivity index is 1.43. The lowest BCUT2D eigenvalue weighted by molar-refractivity contribution is 0.599. The van der Waals surface area contributed by atoms with Gasteiger partial charge < -0.3 is 0 Å². The molecule has 40 heavy (non-hydrogen) atoms. The van der Waals surface area contributed by atoms with E-state index in [1.807, 2.05) is 62.4 Å². The van der Waals surface area contributed by atoms with Crippen LogP contribution >= 0.6 is 0 Å². The Labute approximate surface area is 235 Å². The van der Waals surface area contributed by atoms with E-state index < -0.39 is 20.0 Å². The third-order valence-corrected chi connectivity index (χ3v) is 9.28. The van der Waals surface area contributed by atoms with Gasteiger partial charge in [-0.25, -0.2) is 16.8 Å². The maximum absolute atomic E-state index is 13.0. The van der Waals surface area contributed by atoms with E-state index in [1.165, 1.54) is 0 Å². The molecular formula is C32H28N2O4S2. The van der Waals surface area contributed by atoms with Gasteiger partial charge in [-0.15, -0.1) is 0 Å². The molecule has 5 rings (SSSR count). The topological polar surface area (TPSA) is 92.3 Å².